The molecule has 0 aliphatic heterocycles. The molecule has 0 fully saturated rings. The Balaban J connectivity index is 2.69. The summed E-state index contributed by atoms with van der Waals surface area (Å²) in [6, 6.07) is 5.96. The molecule has 20 heavy (non-hydrogen) atoms. The van der Waals surface area contributed by atoms with E-state index in [1.165, 1.54) is 24.3 Å². The van der Waals surface area contributed by atoms with E-state index in [2.05, 4.69) is 25.4 Å². The Labute approximate surface area is 124 Å². The van der Waals surface area contributed by atoms with Crippen LogP contribution in [0.1, 0.15) is 47.4 Å². The lowest BCUT2D eigenvalue weighted by Crippen LogP contribution is -2.39. The second kappa shape index (κ2) is 7.33. The molecule has 0 aromatic heterocycles. The van der Waals surface area contributed by atoms with Gasteiger partial charge in [-0.1, -0.05) is 13.8 Å². The molecule has 2 N–H and O–H groups in total. The minimum atomic E-state index is -0.990. The molecule has 1 amide bonds. The number of aromatic carboxylic acids is 1. The number of rotatable bonds is 7. The zero-order chi connectivity index (χ0) is 15.2. The number of thioether (sulfide) groups is 1. The lowest BCUT2D eigenvalue weighted by atomic mass is 10.0. The summed E-state index contributed by atoms with van der Waals surface area (Å²) >= 11 is 1.77. The molecule has 0 radical (unpaired) electrons. The number of carboxylic acid groups (broad SMARTS) is 1. The van der Waals surface area contributed by atoms with Gasteiger partial charge >= 0.3 is 5.97 Å². The highest BCUT2D eigenvalue weighted by Crippen LogP contribution is 2.29. The van der Waals surface area contributed by atoms with Gasteiger partial charge in [-0.15, -0.1) is 0 Å². The number of nitrogens with one attached hydrogen (secondary N) is 1. The van der Waals surface area contributed by atoms with Gasteiger partial charge in [-0.25, -0.2) is 4.79 Å². The van der Waals surface area contributed by atoms with Crippen molar-refractivity contribution in [2.75, 3.05) is 12.8 Å². The summed E-state index contributed by atoms with van der Waals surface area (Å²) in [4.78, 5) is 22.8. The maximum absolute atomic E-state index is 12.1. The van der Waals surface area contributed by atoms with Gasteiger partial charge in [-0.3, -0.25) is 4.79 Å². The Morgan fingerprint density at radius 1 is 1.15 bits per heavy atom. The molecule has 0 heterocycles. The van der Waals surface area contributed by atoms with E-state index in [-0.39, 0.29) is 16.2 Å². The number of amides is 1. The van der Waals surface area contributed by atoms with Crippen molar-refractivity contribution in [3.63, 3.8) is 0 Å². The van der Waals surface area contributed by atoms with E-state index in [0.717, 1.165) is 12.8 Å². The van der Waals surface area contributed by atoms with Gasteiger partial charge in [-0.2, -0.15) is 11.8 Å². The maximum Gasteiger partial charge on any atom is 0.335 e. The summed E-state index contributed by atoms with van der Waals surface area (Å²) in [7, 11) is 0. The molecule has 0 aliphatic carbocycles. The number of hydrogen-bond acceptors (Lipinski definition) is 3. The van der Waals surface area contributed by atoms with Gasteiger partial charge < -0.3 is 10.4 Å². The second-order valence-electron chi connectivity index (χ2n) is 4.66. The van der Waals surface area contributed by atoms with Crippen LogP contribution in [-0.4, -0.2) is 34.5 Å². The van der Waals surface area contributed by atoms with Crippen LogP contribution in [0, 0.1) is 0 Å². The summed E-state index contributed by atoms with van der Waals surface area (Å²) in [5.74, 6) is -1.16. The molecule has 1 aromatic rings. The van der Waals surface area contributed by atoms with Crippen LogP contribution in [0.25, 0.3) is 0 Å². The third-order valence-electron chi connectivity index (χ3n) is 3.69. The first kappa shape index (κ1) is 16.6. The van der Waals surface area contributed by atoms with Gasteiger partial charge in [0.2, 0.25) is 0 Å². The molecule has 0 atom stereocenters. The van der Waals surface area contributed by atoms with Crippen molar-refractivity contribution in [3.8, 4) is 0 Å². The summed E-state index contributed by atoms with van der Waals surface area (Å²) in [6.07, 6.45) is 4.03. The molecule has 1 aromatic carbocycles. The monoisotopic (exact) mass is 295 g/mol. The van der Waals surface area contributed by atoms with Crippen LogP contribution in [-0.2, 0) is 0 Å². The van der Waals surface area contributed by atoms with Crippen molar-refractivity contribution in [2.45, 2.75) is 31.4 Å². The average Bonchev–Trinajstić information content (AvgIpc) is 2.49. The van der Waals surface area contributed by atoms with Crippen LogP contribution < -0.4 is 5.32 Å². The maximum atomic E-state index is 12.1. The predicted octanol–water partition coefficient (Wildman–Crippen LogP) is 3.04. The van der Waals surface area contributed by atoms with Gasteiger partial charge in [-0.05, 0) is 43.4 Å². The fourth-order valence-corrected chi connectivity index (χ4v) is 2.76. The van der Waals surface area contributed by atoms with E-state index >= 15 is 0 Å². The summed E-state index contributed by atoms with van der Waals surface area (Å²) < 4.78 is 0.0661. The smallest absolute Gasteiger partial charge is 0.335 e. The van der Waals surface area contributed by atoms with Gasteiger partial charge in [0.15, 0.2) is 0 Å². The molecule has 1 rings (SSSR count). The van der Waals surface area contributed by atoms with E-state index in [1.54, 1.807) is 11.8 Å². The molecule has 0 unspecified atom stereocenters. The van der Waals surface area contributed by atoms with Crippen molar-refractivity contribution in [2.24, 2.45) is 0 Å². The molecular weight excluding hydrogens is 274 g/mol. The third-order valence-corrected chi connectivity index (χ3v) is 5.27. The number of hydrogen-bond donors (Lipinski definition) is 2. The number of benzene rings is 1. The lowest BCUT2D eigenvalue weighted by Gasteiger charge is -2.29. The zero-order valence-corrected chi connectivity index (χ0v) is 12.9. The third kappa shape index (κ3) is 4.00. The highest BCUT2D eigenvalue weighted by Gasteiger charge is 2.25. The van der Waals surface area contributed by atoms with Crippen LogP contribution in [0.5, 0.6) is 0 Å². The number of carboxylic acids is 1. The second-order valence-corrected chi connectivity index (χ2v) is 5.93. The Kier molecular flexibility index (Phi) is 6.07. The molecule has 0 spiro atoms. The first-order chi connectivity index (χ1) is 9.48. The number of carbonyl (C=O) groups excluding carboxylic acids is 1. The van der Waals surface area contributed by atoms with Crippen LogP contribution >= 0.6 is 11.8 Å². The Bertz CT molecular complexity index is 458. The van der Waals surface area contributed by atoms with Crippen LogP contribution in [0.2, 0.25) is 0 Å². The minimum Gasteiger partial charge on any atom is -0.478 e. The van der Waals surface area contributed by atoms with Crippen LogP contribution in [0.15, 0.2) is 24.3 Å². The molecule has 0 aliphatic rings. The minimum absolute atomic E-state index is 0.0661. The summed E-state index contributed by atoms with van der Waals surface area (Å²) in [5.41, 5.74) is 0.666. The van der Waals surface area contributed by atoms with Crippen LogP contribution in [0.4, 0.5) is 0 Å². The molecule has 0 saturated carbocycles. The van der Waals surface area contributed by atoms with Crippen molar-refractivity contribution >= 4 is 23.6 Å². The zero-order valence-electron chi connectivity index (χ0n) is 12.1. The highest BCUT2D eigenvalue weighted by molar-refractivity contribution is 8.00. The van der Waals surface area contributed by atoms with Gasteiger partial charge in [0, 0.05) is 16.9 Å². The molecule has 0 bridgehead atoms. The number of carbonyl (C=O) groups is 2. The topological polar surface area (TPSA) is 66.4 Å². The summed E-state index contributed by atoms with van der Waals surface area (Å²) in [5, 5.41) is 11.8. The SMILES string of the molecule is CCC(CC)(CNC(=O)c1ccc(C(=O)O)cc1)SC. The molecule has 5 heteroatoms. The first-order valence-corrected chi connectivity index (χ1v) is 7.87. The van der Waals surface area contributed by atoms with E-state index in [9.17, 15) is 9.59 Å². The van der Waals surface area contributed by atoms with Gasteiger partial charge in [0.1, 0.15) is 0 Å². The fraction of sp³-hybridized carbons (Fsp3) is 0.467. The quantitative estimate of drug-likeness (QED) is 0.811. The van der Waals surface area contributed by atoms with Crippen molar-refractivity contribution in [1.29, 1.82) is 0 Å². The van der Waals surface area contributed by atoms with E-state index in [0.29, 0.717) is 12.1 Å². The highest BCUT2D eigenvalue weighted by atomic mass is 32.2. The molecule has 0 saturated heterocycles. The van der Waals surface area contributed by atoms with E-state index in [4.69, 9.17) is 5.11 Å². The van der Waals surface area contributed by atoms with Gasteiger partial charge in [0.25, 0.3) is 5.91 Å². The summed E-state index contributed by atoms with van der Waals surface area (Å²) in [6.45, 7) is 4.85. The fourth-order valence-electron chi connectivity index (χ4n) is 1.97. The Morgan fingerprint density at radius 3 is 2.05 bits per heavy atom. The van der Waals surface area contributed by atoms with Crippen molar-refractivity contribution < 1.29 is 14.7 Å². The van der Waals surface area contributed by atoms with E-state index < -0.39 is 5.97 Å². The predicted molar refractivity (Wildman–Crippen MR) is 82.6 cm³/mol. The van der Waals surface area contributed by atoms with Gasteiger partial charge in [0.05, 0.1) is 5.56 Å². The van der Waals surface area contributed by atoms with Crippen molar-refractivity contribution in [3.05, 3.63) is 35.4 Å². The average molecular weight is 295 g/mol. The normalized spacial score (nSPS) is 11.2. The molecular formula is C15H21NO3S. The lowest BCUT2D eigenvalue weighted by molar-refractivity contribution is 0.0696. The largest absolute Gasteiger partial charge is 0.478 e. The molecule has 110 valence electrons. The van der Waals surface area contributed by atoms with E-state index in [1.807, 2.05) is 0 Å². The van der Waals surface area contributed by atoms with Crippen molar-refractivity contribution in [1.82, 2.24) is 5.32 Å². The Hall–Kier alpha value is -1.49. The molecule has 4 nitrogen and oxygen atoms in total. The first-order valence-electron chi connectivity index (χ1n) is 6.64. The Morgan fingerprint density at radius 2 is 1.65 bits per heavy atom. The van der Waals surface area contributed by atoms with Crippen LogP contribution in [0.3, 0.4) is 0 Å². The standard InChI is InChI=1S/C15H21NO3S/c1-4-15(5-2,20-3)10-16-13(17)11-6-8-12(9-7-11)14(18)19/h6-9H,4-5,10H2,1-3H3,(H,16,17)(H,18,19).